The van der Waals surface area contributed by atoms with Crippen molar-refractivity contribution in [2.45, 2.75) is 26.8 Å². The molecular weight excluding hydrogens is 332 g/mol. The Morgan fingerprint density at radius 3 is 2.62 bits per heavy atom. The fraction of sp³-hybridized carbons (Fsp3) is 0.250. The average Bonchev–Trinajstić information content (AvgIpc) is 2.61. The van der Waals surface area contributed by atoms with Crippen LogP contribution in [0.2, 0.25) is 0 Å². The van der Waals surface area contributed by atoms with Crippen molar-refractivity contribution in [3.8, 4) is 0 Å². The van der Waals surface area contributed by atoms with Crippen LogP contribution in [0.5, 0.6) is 0 Å². The first-order chi connectivity index (χ1) is 12.4. The van der Waals surface area contributed by atoms with Gasteiger partial charge in [-0.3, -0.25) is 9.59 Å². The topological polar surface area (TPSA) is 86.7 Å². The summed E-state index contributed by atoms with van der Waals surface area (Å²) in [5.41, 5.74) is 3.84. The first kappa shape index (κ1) is 17.7. The molecule has 0 unspecified atom stereocenters. The molecule has 3 rings (SSSR count). The zero-order chi connectivity index (χ0) is 18.8. The van der Waals surface area contributed by atoms with Crippen molar-refractivity contribution in [1.29, 1.82) is 0 Å². The van der Waals surface area contributed by atoms with Gasteiger partial charge in [-0.05, 0) is 48.2 Å². The molecule has 134 valence electrons. The van der Waals surface area contributed by atoms with Gasteiger partial charge in [-0.2, -0.15) is 0 Å². The molecule has 6 nitrogen and oxygen atoms in total. The summed E-state index contributed by atoms with van der Waals surface area (Å²) in [5, 5.41) is 12.1. The number of carbonyl (C=O) groups excluding carboxylic acids is 2. The molecule has 1 aliphatic rings. The molecule has 2 aromatic carbocycles. The van der Waals surface area contributed by atoms with E-state index in [9.17, 15) is 19.5 Å². The molecule has 2 N–H and O–H groups in total. The van der Waals surface area contributed by atoms with Crippen molar-refractivity contribution in [1.82, 2.24) is 4.90 Å². The lowest BCUT2D eigenvalue weighted by atomic mass is 9.94. The highest BCUT2D eigenvalue weighted by molar-refractivity contribution is 5.98. The van der Waals surface area contributed by atoms with Gasteiger partial charge in [0.15, 0.2) is 0 Å². The lowest BCUT2D eigenvalue weighted by Crippen LogP contribution is -2.36. The van der Waals surface area contributed by atoms with Crippen LogP contribution in [-0.2, 0) is 17.8 Å². The molecule has 6 heteroatoms. The van der Waals surface area contributed by atoms with Crippen molar-refractivity contribution >= 4 is 23.5 Å². The normalized spacial score (nSPS) is 13.1. The summed E-state index contributed by atoms with van der Waals surface area (Å²) in [4.78, 5) is 37.3. The van der Waals surface area contributed by atoms with Crippen LogP contribution in [0, 0.1) is 6.92 Å². The maximum Gasteiger partial charge on any atom is 0.336 e. The zero-order valence-corrected chi connectivity index (χ0v) is 14.7. The highest BCUT2D eigenvalue weighted by atomic mass is 16.4. The lowest BCUT2D eigenvalue weighted by Gasteiger charge is -2.30. The van der Waals surface area contributed by atoms with Gasteiger partial charge in [0.05, 0.1) is 5.56 Å². The fourth-order valence-electron chi connectivity index (χ4n) is 3.22. The van der Waals surface area contributed by atoms with Gasteiger partial charge in [0.25, 0.3) is 5.91 Å². The van der Waals surface area contributed by atoms with Crippen molar-refractivity contribution < 1.29 is 19.5 Å². The van der Waals surface area contributed by atoms with Crippen LogP contribution in [0.4, 0.5) is 5.69 Å². The van der Waals surface area contributed by atoms with Gasteiger partial charge in [0.2, 0.25) is 5.91 Å². The van der Waals surface area contributed by atoms with Gasteiger partial charge >= 0.3 is 5.97 Å². The summed E-state index contributed by atoms with van der Waals surface area (Å²) >= 11 is 0. The molecule has 0 radical (unpaired) electrons. The number of carboxylic acids is 1. The number of fused-ring (bicyclic) bond motifs is 1. The van der Waals surface area contributed by atoms with E-state index >= 15 is 0 Å². The van der Waals surface area contributed by atoms with Crippen LogP contribution >= 0.6 is 0 Å². The third-order valence-corrected chi connectivity index (χ3v) is 4.59. The van der Waals surface area contributed by atoms with Crippen molar-refractivity contribution in [3.05, 3.63) is 64.2 Å². The lowest BCUT2D eigenvalue weighted by molar-refractivity contribution is -0.114. The second-order valence-electron chi connectivity index (χ2n) is 6.44. The maximum absolute atomic E-state index is 12.9. The smallest absolute Gasteiger partial charge is 0.336 e. The van der Waals surface area contributed by atoms with Gasteiger partial charge in [0.1, 0.15) is 0 Å². The molecule has 26 heavy (non-hydrogen) atoms. The third kappa shape index (κ3) is 3.44. The van der Waals surface area contributed by atoms with E-state index in [1.807, 2.05) is 13.0 Å². The number of amides is 2. The number of carboxylic acid groups (broad SMARTS) is 1. The number of aryl methyl sites for hydroxylation is 1. The molecule has 0 atom stereocenters. The van der Waals surface area contributed by atoms with E-state index in [2.05, 4.69) is 5.32 Å². The Hall–Kier alpha value is -3.15. The van der Waals surface area contributed by atoms with E-state index < -0.39 is 5.97 Å². The number of nitrogens with zero attached hydrogens (tertiary/aromatic N) is 1. The van der Waals surface area contributed by atoms with Gasteiger partial charge in [-0.1, -0.05) is 18.2 Å². The summed E-state index contributed by atoms with van der Waals surface area (Å²) in [6.45, 7) is 4.07. The second kappa shape index (κ2) is 7.00. The van der Waals surface area contributed by atoms with Crippen molar-refractivity contribution in [2.24, 2.45) is 0 Å². The van der Waals surface area contributed by atoms with Crippen LogP contribution in [0.15, 0.2) is 36.4 Å². The molecule has 1 heterocycles. The van der Waals surface area contributed by atoms with Gasteiger partial charge in [-0.25, -0.2) is 4.79 Å². The Kier molecular flexibility index (Phi) is 4.75. The van der Waals surface area contributed by atoms with Crippen LogP contribution in [-0.4, -0.2) is 34.3 Å². The van der Waals surface area contributed by atoms with E-state index in [4.69, 9.17) is 0 Å². The van der Waals surface area contributed by atoms with Crippen molar-refractivity contribution in [3.63, 3.8) is 0 Å². The fourth-order valence-corrected chi connectivity index (χ4v) is 3.22. The monoisotopic (exact) mass is 352 g/mol. The predicted molar refractivity (Wildman–Crippen MR) is 97.3 cm³/mol. The summed E-state index contributed by atoms with van der Waals surface area (Å²) in [6, 6.07) is 10.4. The Labute approximate surface area is 151 Å². The van der Waals surface area contributed by atoms with Gasteiger partial charge < -0.3 is 15.3 Å². The Morgan fingerprint density at radius 2 is 1.92 bits per heavy atom. The molecule has 0 spiro atoms. The number of benzene rings is 2. The van der Waals surface area contributed by atoms with E-state index in [1.54, 1.807) is 35.2 Å². The number of hydrogen-bond acceptors (Lipinski definition) is 3. The highest BCUT2D eigenvalue weighted by Gasteiger charge is 2.25. The molecular formula is C20H20N2O4. The van der Waals surface area contributed by atoms with E-state index in [-0.39, 0.29) is 23.9 Å². The van der Waals surface area contributed by atoms with E-state index in [0.717, 1.165) is 11.1 Å². The van der Waals surface area contributed by atoms with E-state index in [0.29, 0.717) is 29.8 Å². The second-order valence-corrected chi connectivity index (χ2v) is 6.44. The zero-order valence-electron chi connectivity index (χ0n) is 14.7. The number of anilines is 1. The van der Waals surface area contributed by atoms with Crippen LogP contribution in [0.25, 0.3) is 0 Å². The van der Waals surface area contributed by atoms with Gasteiger partial charge in [-0.15, -0.1) is 0 Å². The summed E-state index contributed by atoms with van der Waals surface area (Å²) in [6.07, 6.45) is 0.618. The highest BCUT2D eigenvalue weighted by Crippen LogP contribution is 2.25. The summed E-state index contributed by atoms with van der Waals surface area (Å²) in [7, 11) is 0. The Balaban J connectivity index is 1.88. The maximum atomic E-state index is 12.9. The molecule has 0 saturated heterocycles. The minimum absolute atomic E-state index is 0.178. The van der Waals surface area contributed by atoms with Gasteiger partial charge in [0, 0.05) is 31.3 Å². The molecule has 0 bridgehead atoms. The Morgan fingerprint density at radius 1 is 1.15 bits per heavy atom. The quantitative estimate of drug-likeness (QED) is 0.889. The third-order valence-electron chi connectivity index (χ3n) is 4.59. The minimum Gasteiger partial charge on any atom is -0.478 e. The SMILES string of the molecule is CC(=O)Nc1cc(C(=O)N2CCc3cccc(C(=O)O)c3C2)ccc1C. The number of carbonyl (C=O) groups is 3. The first-order valence-electron chi connectivity index (χ1n) is 8.38. The predicted octanol–water partition coefficient (Wildman–Crippen LogP) is 2.85. The average molecular weight is 352 g/mol. The van der Waals surface area contributed by atoms with Crippen LogP contribution < -0.4 is 5.32 Å². The molecule has 0 saturated carbocycles. The number of nitrogens with one attached hydrogen (secondary N) is 1. The number of aromatic carboxylic acids is 1. The molecule has 0 aromatic heterocycles. The molecule has 0 aliphatic carbocycles. The molecule has 2 amide bonds. The summed E-state index contributed by atoms with van der Waals surface area (Å²) in [5.74, 6) is -1.36. The standard InChI is InChI=1S/C20H20N2O4/c1-12-6-7-15(10-18(12)21-13(2)23)19(24)22-9-8-14-4-3-5-16(20(25)26)17(14)11-22/h3-7,10H,8-9,11H2,1-2H3,(H,21,23)(H,25,26). The summed E-state index contributed by atoms with van der Waals surface area (Å²) < 4.78 is 0. The largest absolute Gasteiger partial charge is 0.478 e. The number of rotatable bonds is 3. The number of hydrogen-bond donors (Lipinski definition) is 2. The first-order valence-corrected chi connectivity index (χ1v) is 8.38. The molecule has 2 aromatic rings. The van der Waals surface area contributed by atoms with Crippen LogP contribution in [0.1, 0.15) is 44.3 Å². The van der Waals surface area contributed by atoms with Crippen molar-refractivity contribution in [2.75, 3.05) is 11.9 Å². The molecule has 0 fully saturated rings. The Bertz CT molecular complexity index is 905. The molecule has 1 aliphatic heterocycles. The minimum atomic E-state index is -0.987. The van der Waals surface area contributed by atoms with E-state index in [1.165, 1.54) is 6.92 Å². The van der Waals surface area contributed by atoms with Crippen LogP contribution in [0.3, 0.4) is 0 Å².